The van der Waals surface area contributed by atoms with E-state index in [1.54, 1.807) is 12.1 Å². The molecule has 9 heteroatoms. The zero-order valence-electron chi connectivity index (χ0n) is 16.5. The second-order valence-corrected chi connectivity index (χ2v) is 6.90. The summed E-state index contributed by atoms with van der Waals surface area (Å²) in [5.74, 6) is -0.543. The van der Waals surface area contributed by atoms with Crippen molar-refractivity contribution in [2.24, 2.45) is 5.73 Å². The van der Waals surface area contributed by atoms with E-state index in [1.807, 2.05) is 13.8 Å². The van der Waals surface area contributed by atoms with Gasteiger partial charge in [-0.1, -0.05) is 0 Å². The third kappa shape index (κ3) is 3.97. The Morgan fingerprint density at radius 3 is 2.52 bits per heavy atom. The lowest BCUT2D eigenvalue weighted by atomic mass is 10.0. The van der Waals surface area contributed by atoms with Gasteiger partial charge in [-0.25, -0.2) is 19.0 Å². The number of nitrogens with zero attached hydrogens (tertiary/aromatic N) is 1. The fraction of sp³-hybridized carbons (Fsp3) is 0.136. The topological polar surface area (TPSA) is 118 Å². The minimum absolute atomic E-state index is 0.0434. The second kappa shape index (κ2) is 7.94. The van der Waals surface area contributed by atoms with E-state index < -0.39 is 17.9 Å². The van der Waals surface area contributed by atoms with E-state index in [9.17, 15) is 14.0 Å². The molecular weight excluding hydrogens is 407 g/mol. The van der Waals surface area contributed by atoms with Crippen molar-refractivity contribution in [3.05, 3.63) is 60.4 Å². The molecule has 4 rings (SSSR count). The van der Waals surface area contributed by atoms with Gasteiger partial charge in [-0.3, -0.25) is 0 Å². The molecule has 0 bridgehead atoms. The summed E-state index contributed by atoms with van der Waals surface area (Å²) >= 11 is 0. The zero-order chi connectivity index (χ0) is 22.1. The molecule has 2 aromatic heterocycles. The summed E-state index contributed by atoms with van der Waals surface area (Å²) in [5, 5.41) is 0.324. The van der Waals surface area contributed by atoms with E-state index in [1.165, 1.54) is 36.9 Å². The van der Waals surface area contributed by atoms with Crippen molar-refractivity contribution in [3.8, 4) is 28.4 Å². The minimum Gasteiger partial charge on any atom is -0.490 e. The van der Waals surface area contributed by atoms with Crippen LogP contribution >= 0.6 is 0 Å². The Hall–Kier alpha value is -4.14. The third-order valence-electron chi connectivity index (χ3n) is 4.35. The summed E-state index contributed by atoms with van der Waals surface area (Å²) in [7, 11) is 0. The average molecular weight is 424 g/mol. The quantitative estimate of drug-likeness (QED) is 0.357. The number of aromatic nitrogens is 1. The van der Waals surface area contributed by atoms with Gasteiger partial charge in [0.25, 0.3) is 0 Å². The molecule has 31 heavy (non-hydrogen) atoms. The van der Waals surface area contributed by atoms with Crippen LogP contribution in [0.4, 0.5) is 9.18 Å². The van der Waals surface area contributed by atoms with E-state index in [0.717, 1.165) is 0 Å². The van der Waals surface area contributed by atoms with Gasteiger partial charge in [-0.2, -0.15) is 0 Å². The number of amides is 1. The molecule has 0 atom stereocenters. The van der Waals surface area contributed by atoms with Gasteiger partial charge in [0.05, 0.1) is 17.9 Å². The maximum atomic E-state index is 13.4. The summed E-state index contributed by atoms with van der Waals surface area (Å²) in [4.78, 5) is 27.8. The lowest BCUT2D eigenvalue weighted by molar-refractivity contribution is 0.0640. The highest BCUT2D eigenvalue weighted by Crippen LogP contribution is 2.41. The second-order valence-electron chi connectivity index (χ2n) is 6.90. The minimum atomic E-state index is -1.26. The lowest BCUT2D eigenvalue weighted by Crippen LogP contribution is -2.18. The first kappa shape index (κ1) is 20.1. The molecule has 1 amide bonds. The molecule has 0 saturated heterocycles. The Morgan fingerprint density at radius 1 is 1.16 bits per heavy atom. The number of ether oxygens (including phenoxy) is 2. The SMILES string of the molecule is CC(C)Oc1cc2c(C(=O)OC(N)=O)c(-c3ccc(F)cc3)oc2cc1-c1cnco1. The van der Waals surface area contributed by atoms with Gasteiger partial charge >= 0.3 is 12.1 Å². The summed E-state index contributed by atoms with van der Waals surface area (Å²) in [5.41, 5.74) is 6.23. The molecule has 2 N–H and O–H groups in total. The Bertz CT molecular complexity index is 1260. The monoisotopic (exact) mass is 424 g/mol. The fourth-order valence-corrected chi connectivity index (χ4v) is 3.17. The standard InChI is InChI=1S/C22H17FN2O6/c1-11(2)29-16-8-15-17(7-14(16)18-9-25-10-28-18)30-20(12-3-5-13(23)6-4-12)19(15)21(26)31-22(24)27/h3-11H,1-2H3,(H2,24,27). The Labute approximate surface area is 175 Å². The normalized spacial score (nSPS) is 11.1. The maximum absolute atomic E-state index is 13.4. The van der Waals surface area contributed by atoms with Crippen LogP contribution in [0, 0.1) is 5.82 Å². The summed E-state index contributed by atoms with van der Waals surface area (Å²) in [6.45, 7) is 3.69. The highest BCUT2D eigenvalue weighted by atomic mass is 19.1. The van der Waals surface area contributed by atoms with Gasteiger partial charge in [0, 0.05) is 10.9 Å². The lowest BCUT2D eigenvalue weighted by Gasteiger charge is -2.13. The van der Waals surface area contributed by atoms with E-state index in [0.29, 0.717) is 33.6 Å². The van der Waals surface area contributed by atoms with Crippen LogP contribution in [0.3, 0.4) is 0 Å². The van der Waals surface area contributed by atoms with Gasteiger partial charge in [-0.15, -0.1) is 0 Å². The molecule has 0 aliphatic carbocycles. The number of fused-ring (bicyclic) bond motifs is 1. The number of carbonyl (C=O) groups excluding carboxylic acids is 2. The van der Waals surface area contributed by atoms with Crippen LogP contribution in [0.15, 0.2) is 57.8 Å². The molecule has 158 valence electrons. The first-order chi connectivity index (χ1) is 14.8. The Balaban J connectivity index is 1.99. The molecule has 2 heterocycles. The summed E-state index contributed by atoms with van der Waals surface area (Å²) in [6.07, 6.45) is 1.34. The Kier molecular flexibility index (Phi) is 5.16. The largest absolute Gasteiger partial charge is 0.490 e. The van der Waals surface area contributed by atoms with Gasteiger partial charge in [0.1, 0.15) is 28.5 Å². The van der Waals surface area contributed by atoms with Crippen LogP contribution in [0.25, 0.3) is 33.6 Å². The summed E-state index contributed by atoms with van der Waals surface area (Å²) in [6, 6.07) is 8.54. The number of hydrogen-bond donors (Lipinski definition) is 1. The highest BCUT2D eigenvalue weighted by molar-refractivity contribution is 6.12. The summed E-state index contributed by atoms with van der Waals surface area (Å²) < 4.78 is 35.2. The molecule has 0 saturated carbocycles. The molecule has 4 aromatic rings. The van der Waals surface area contributed by atoms with E-state index in [4.69, 9.17) is 19.3 Å². The van der Waals surface area contributed by atoms with Crippen LogP contribution in [0.2, 0.25) is 0 Å². The van der Waals surface area contributed by atoms with Crippen molar-refractivity contribution in [2.75, 3.05) is 0 Å². The molecule has 8 nitrogen and oxygen atoms in total. The van der Waals surface area contributed by atoms with Crippen molar-refractivity contribution in [3.63, 3.8) is 0 Å². The van der Waals surface area contributed by atoms with Crippen LogP contribution in [-0.2, 0) is 4.74 Å². The first-order valence-electron chi connectivity index (χ1n) is 9.27. The number of esters is 1. The average Bonchev–Trinajstić information content (AvgIpc) is 3.34. The first-order valence-corrected chi connectivity index (χ1v) is 9.27. The van der Waals surface area contributed by atoms with E-state index in [2.05, 4.69) is 9.72 Å². The van der Waals surface area contributed by atoms with Crippen LogP contribution < -0.4 is 10.5 Å². The van der Waals surface area contributed by atoms with E-state index in [-0.39, 0.29) is 17.4 Å². The van der Waals surface area contributed by atoms with Gasteiger partial charge < -0.3 is 24.0 Å². The number of halogens is 1. The van der Waals surface area contributed by atoms with Crippen LogP contribution in [0.1, 0.15) is 24.2 Å². The number of primary amides is 1. The van der Waals surface area contributed by atoms with Crippen LogP contribution in [-0.4, -0.2) is 23.2 Å². The third-order valence-corrected chi connectivity index (χ3v) is 4.35. The van der Waals surface area contributed by atoms with Crippen molar-refractivity contribution in [2.45, 2.75) is 20.0 Å². The molecule has 0 fully saturated rings. The zero-order valence-corrected chi connectivity index (χ0v) is 16.5. The predicted molar refractivity (Wildman–Crippen MR) is 108 cm³/mol. The van der Waals surface area contributed by atoms with Crippen molar-refractivity contribution >= 4 is 23.0 Å². The predicted octanol–water partition coefficient (Wildman–Crippen LogP) is 4.92. The van der Waals surface area contributed by atoms with E-state index >= 15 is 0 Å². The molecule has 0 radical (unpaired) electrons. The number of rotatable bonds is 5. The van der Waals surface area contributed by atoms with Crippen molar-refractivity contribution in [1.82, 2.24) is 4.98 Å². The van der Waals surface area contributed by atoms with Gasteiger partial charge in [0.15, 0.2) is 12.2 Å². The molecule has 0 aliphatic rings. The van der Waals surface area contributed by atoms with Crippen molar-refractivity contribution < 1.29 is 32.3 Å². The number of hydrogen-bond acceptors (Lipinski definition) is 7. The fourth-order valence-electron chi connectivity index (χ4n) is 3.17. The number of oxazole rings is 1. The number of furan rings is 1. The van der Waals surface area contributed by atoms with Gasteiger partial charge in [-0.05, 0) is 50.2 Å². The number of carbonyl (C=O) groups is 2. The molecule has 2 aromatic carbocycles. The molecule has 0 spiro atoms. The smallest absolute Gasteiger partial charge is 0.412 e. The molecule has 0 aliphatic heterocycles. The number of benzene rings is 2. The van der Waals surface area contributed by atoms with Crippen molar-refractivity contribution in [1.29, 1.82) is 0 Å². The maximum Gasteiger partial charge on any atom is 0.412 e. The molecular formula is C22H17FN2O6. The number of nitrogens with two attached hydrogens (primary N) is 1. The Morgan fingerprint density at radius 2 is 1.90 bits per heavy atom. The van der Waals surface area contributed by atoms with Gasteiger partial charge in [0.2, 0.25) is 0 Å². The molecule has 0 unspecified atom stereocenters. The highest BCUT2D eigenvalue weighted by Gasteiger charge is 2.27. The van der Waals surface area contributed by atoms with Crippen LogP contribution in [0.5, 0.6) is 5.75 Å².